The van der Waals surface area contributed by atoms with Crippen molar-refractivity contribution in [1.29, 1.82) is 0 Å². The van der Waals surface area contributed by atoms with E-state index < -0.39 is 30.9 Å². The normalized spacial score (nSPS) is 15.5. The number of nitro benzene ring substituents is 1. The van der Waals surface area contributed by atoms with E-state index in [0.29, 0.717) is 0 Å². The number of nitrogens with zero attached hydrogens (tertiary/aromatic N) is 3. The van der Waals surface area contributed by atoms with Gasteiger partial charge in [0.25, 0.3) is 21.6 Å². The number of piperazine rings is 1. The lowest BCUT2D eigenvalue weighted by Gasteiger charge is -2.33. The van der Waals surface area contributed by atoms with Crippen LogP contribution in [-0.2, 0) is 20.0 Å². The number of carbonyl (C=O) groups excluding carboxylic acids is 1. The summed E-state index contributed by atoms with van der Waals surface area (Å²) in [4.78, 5) is 24.3. The second-order valence-corrected chi connectivity index (χ2v) is 10.5. The fourth-order valence-corrected chi connectivity index (χ4v) is 5.07. The first-order chi connectivity index (χ1) is 14.5. The molecule has 0 aromatic heterocycles. The Bertz CT molecular complexity index is 1220. The number of para-hydroxylation sites is 1. The van der Waals surface area contributed by atoms with Crippen LogP contribution >= 0.6 is 0 Å². The molecule has 1 saturated heterocycles. The highest BCUT2D eigenvalue weighted by molar-refractivity contribution is 7.92. The van der Waals surface area contributed by atoms with Gasteiger partial charge in [0, 0.05) is 38.3 Å². The van der Waals surface area contributed by atoms with Crippen LogP contribution in [0.25, 0.3) is 0 Å². The van der Waals surface area contributed by atoms with Crippen molar-refractivity contribution in [1.82, 2.24) is 9.21 Å². The summed E-state index contributed by atoms with van der Waals surface area (Å²) in [7, 11) is -7.55. The minimum absolute atomic E-state index is 0.0181. The lowest BCUT2D eigenvalue weighted by molar-refractivity contribution is -0.385. The SMILES string of the molecule is CS(=O)(=O)N1CCN(C(=O)c2ccccc2NS(=O)(=O)c2cccc([N+](=O)[O-])c2)CC1. The van der Waals surface area contributed by atoms with E-state index in [0.717, 1.165) is 12.3 Å². The first kappa shape index (κ1) is 22.7. The third-order valence-corrected chi connectivity index (χ3v) is 7.40. The van der Waals surface area contributed by atoms with E-state index in [1.54, 1.807) is 12.1 Å². The smallest absolute Gasteiger partial charge is 0.270 e. The van der Waals surface area contributed by atoms with Gasteiger partial charge in [0.05, 0.1) is 27.3 Å². The summed E-state index contributed by atoms with van der Waals surface area (Å²) >= 11 is 0. The molecule has 1 aliphatic rings. The average molecular weight is 469 g/mol. The second-order valence-electron chi connectivity index (χ2n) is 6.86. The lowest BCUT2D eigenvalue weighted by atomic mass is 10.1. The Morgan fingerprint density at radius 2 is 1.65 bits per heavy atom. The first-order valence-corrected chi connectivity index (χ1v) is 12.4. The molecule has 0 saturated carbocycles. The maximum atomic E-state index is 13.0. The second kappa shape index (κ2) is 8.61. The Labute approximate surface area is 179 Å². The molecule has 1 aliphatic heterocycles. The van der Waals surface area contributed by atoms with E-state index in [1.165, 1.54) is 39.5 Å². The van der Waals surface area contributed by atoms with Crippen LogP contribution < -0.4 is 4.72 Å². The summed E-state index contributed by atoms with van der Waals surface area (Å²) in [6.07, 6.45) is 1.10. The van der Waals surface area contributed by atoms with Gasteiger partial charge in [-0.25, -0.2) is 16.8 Å². The van der Waals surface area contributed by atoms with Crippen LogP contribution in [0.3, 0.4) is 0 Å². The number of benzene rings is 2. The highest BCUT2D eigenvalue weighted by Gasteiger charge is 2.28. The average Bonchev–Trinajstić information content (AvgIpc) is 2.73. The summed E-state index contributed by atoms with van der Waals surface area (Å²) in [6.45, 7) is 0.619. The van der Waals surface area contributed by atoms with Crippen molar-refractivity contribution >= 4 is 37.3 Å². The van der Waals surface area contributed by atoms with Crippen molar-refractivity contribution in [2.24, 2.45) is 0 Å². The molecule has 11 nitrogen and oxygen atoms in total. The third-order valence-electron chi connectivity index (χ3n) is 4.74. The van der Waals surface area contributed by atoms with Gasteiger partial charge < -0.3 is 4.90 Å². The molecule has 0 aliphatic carbocycles. The molecule has 0 unspecified atom stereocenters. The minimum Gasteiger partial charge on any atom is -0.336 e. The maximum Gasteiger partial charge on any atom is 0.270 e. The molecular formula is C18H20N4O7S2. The standard InChI is InChI=1S/C18H20N4O7S2/c1-30(26,27)21-11-9-20(10-12-21)18(23)16-7-2-3-8-17(16)19-31(28,29)15-6-4-5-14(13-15)22(24)25/h2-8,13,19H,9-12H2,1H3. The number of carbonyl (C=O) groups is 1. The van der Waals surface area contributed by atoms with Gasteiger partial charge in [-0.2, -0.15) is 4.31 Å². The van der Waals surface area contributed by atoms with E-state index in [9.17, 15) is 31.7 Å². The van der Waals surface area contributed by atoms with Crippen molar-refractivity contribution in [3.05, 3.63) is 64.2 Å². The van der Waals surface area contributed by atoms with Crippen molar-refractivity contribution in [2.75, 3.05) is 37.2 Å². The van der Waals surface area contributed by atoms with Crippen LogP contribution in [-0.4, -0.2) is 69.3 Å². The van der Waals surface area contributed by atoms with Crippen LogP contribution in [0.4, 0.5) is 11.4 Å². The Morgan fingerprint density at radius 1 is 1.00 bits per heavy atom. The molecule has 13 heteroatoms. The topological polar surface area (TPSA) is 147 Å². The molecule has 0 atom stereocenters. The molecule has 1 fully saturated rings. The van der Waals surface area contributed by atoms with Gasteiger partial charge in [-0.15, -0.1) is 0 Å². The molecule has 3 rings (SSSR count). The predicted molar refractivity (Wildman–Crippen MR) is 113 cm³/mol. The van der Waals surface area contributed by atoms with E-state index in [1.807, 2.05) is 0 Å². The van der Waals surface area contributed by atoms with Crippen molar-refractivity contribution in [3.63, 3.8) is 0 Å². The molecule has 1 N–H and O–H groups in total. The van der Waals surface area contributed by atoms with E-state index >= 15 is 0 Å². The number of anilines is 1. The number of rotatable bonds is 6. The molecule has 166 valence electrons. The van der Waals surface area contributed by atoms with Crippen molar-refractivity contribution in [3.8, 4) is 0 Å². The minimum atomic E-state index is -4.20. The van der Waals surface area contributed by atoms with E-state index in [2.05, 4.69) is 4.72 Å². The summed E-state index contributed by atoms with van der Waals surface area (Å²) in [5.41, 5.74) is -0.273. The number of hydrogen-bond acceptors (Lipinski definition) is 7. The lowest BCUT2D eigenvalue weighted by Crippen LogP contribution is -2.50. The summed E-state index contributed by atoms with van der Waals surface area (Å²) in [5.74, 6) is -0.453. The van der Waals surface area contributed by atoms with Crippen LogP contribution in [0, 0.1) is 10.1 Å². The van der Waals surface area contributed by atoms with Gasteiger partial charge in [0.2, 0.25) is 10.0 Å². The Hall–Kier alpha value is -3.03. The quantitative estimate of drug-likeness (QED) is 0.493. The van der Waals surface area contributed by atoms with Gasteiger partial charge in [-0.1, -0.05) is 18.2 Å². The zero-order valence-electron chi connectivity index (χ0n) is 16.5. The maximum absolute atomic E-state index is 13.0. The summed E-state index contributed by atoms with van der Waals surface area (Å²) in [6, 6.07) is 10.6. The molecule has 2 aromatic carbocycles. The highest BCUT2D eigenvalue weighted by Crippen LogP contribution is 2.24. The monoisotopic (exact) mass is 468 g/mol. The number of hydrogen-bond donors (Lipinski definition) is 1. The fraction of sp³-hybridized carbons (Fsp3) is 0.278. The highest BCUT2D eigenvalue weighted by atomic mass is 32.2. The van der Waals surface area contributed by atoms with Crippen LogP contribution in [0.1, 0.15) is 10.4 Å². The zero-order chi connectivity index (χ0) is 22.8. The summed E-state index contributed by atoms with van der Waals surface area (Å²) in [5, 5.41) is 10.9. The zero-order valence-corrected chi connectivity index (χ0v) is 18.1. The molecule has 2 aromatic rings. The Balaban J connectivity index is 1.83. The molecular weight excluding hydrogens is 448 g/mol. The van der Waals surface area contributed by atoms with E-state index in [4.69, 9.17) is 0 Å². The Kier molecular flexibility index (Phi) is 6.29. The molecule has 1 heterocycles. The first-order valence-electron chi connectivity index (χ1n) is 9.10. The van der Waals surface area contributed by atoms with Crippen LogP contribution in [0.5, 0.6) is 0 Å². The van der Waals surface area contributed by atoms with Crippen molar-refractivity contribution in [2.45, 2.75) is 4.90 Å². The van der Waals surface area contributed by atoms with Gasteiger partial charge in [0.15, 0.2) is 0 Å². The Morgan fingerprint density at radius 3 is 2.26 bits per heavy atom. The molecule has 0 radical (unpaired) electrons. The van der Waals surface area contributed by atoms with Crippen molar-refractivity contribution < 1.29 is 26.6 Å². The number of sulfonamides is 2. The molecule has 0 spiro atoms. The number of amides is 1. The third kappa shape index (κ3) is 5.18. The van der Waals surface area contributed by atoms with Gasteiger partial charge in [0.1, 0.15) is 0 Å². The summed E-state index contributed by atoms with van der Waals surface area (Å²) < 4.78 is 52.4. The largest absolute Gasteiger partial charge is 0.336 e. The predicted octanol–water partition coefficient (Wildman–Crippen LogP) is 1.11. The number of nitro groups is 1. The molecule has 0 bridgehead atoms. The molecule has 31 heavy (non-hydrogen) atoms. The van der Waals surface area contributed by atoms with Gasteiger partial charge in [-0.3, -0.25) is 19.6 Å². The molecule has 1 amide bonds. The van der Waals surface area contributed by atoms with Gasteiger partial charge in [-0.05, 0) is 18.2 Å². The van der Waals surface area contributed by atoms with Gasteiger partial charge >= 0.3 is 0 Å². The van der Waals surface area contributed by atoms with Crippen LogP contribution in [0.15, 0.2) is 53.4 Å². The van der Waals surface area contributed by atoms with Crippen LogP contribution in [0.2, 0.25) is 0 Å². The van der Waals surface area contributed by atoms with E-state index in [-0.39, 0.29) is 48.0 Å². The number of non-ortho nitro benzene ring substituents is 1. The number of nitrogens with one attached hydrogen (secondary N) is 1. The fourth-order valence-electron chi connectivity index (χ4n) is 3.12.